The monoisotopic (exact) mass is 359 g/mol. The molecule has 2 aromatic rings. The van der Waals surface area contributed by atoms with Crippen molar-refractivity contribution in [2.24, 2.45) is 0 Å². The quantitative estimate of drug-likeness (QED) is 0.606. The van der Waals surface area contributed by atoms with Crippen LogP contribution in [0.25, 0.3) is 11.0 Å². The van der Waals surface area contributed by atoms with Gasteiger partial charge in [-0.3, -0.25) is 9.69 Å². The van der Waals surface area contributed by atoms with Crippen LogP contribution in [0.2, 0.25) is 0 Å². The Balaban J connectivity index is 2.18. The summed E-state index contributed by atoms with van der Waals surface area (Å²) >= 11 is 0. The lowest BCUT2D eigenvalue weighted by Gasteiger charge is -2.39. The van der Waals surface area contributed by atoms with Crippen molar-refractivity contribution >= 4 is 16.9 Å². The summed E-state index contributed by atoms with van der Waals surface area (Å²) in [5.74, 6) is 0.318. The Kier molecular flexibility index (Phi) is 4.56. The Hall–Kier alpha value is -2.34. The largest absolute Gasteiger partial charge is 0.477 e. The van der Waals surface area contributed by atoms with Gasteiger partial charge in [0.15, 0.2) is 0 Å². The zero-order valence-corrected chi connectivity index (χ0v) is 16.2. The number of carbonyl (C=O) groups excluding carboxylic acids is 1. The maximum atomic E-state index is 12.4. The van der Waals surface area contributed by atoms with E-state index >= 15 is 0 Å². The van der Waals surface area contributed by atoms with Gasteiger partial charge in [-0.05, 0) is 46.2 Å². The second-order valence-electron chi connectivity index (χ2n) is 7.75. The van der Waals surface area contributed by atoms with Crippen LogP contribution in [0.15, 0.2) is 15.3 Å². The predicted octanol–water partition coefficient (Wildman–Crippen LogP) is 3.08. The van der Waals surface area contributed by atoms with Gasteiger partial charge in [0.1, 0.15) is 18.1 Å². The zero-order valence-electron chi connectivity index (χ0n) is 16.2. The van der Waals surface area contributed by atoms with Crippen LogP contribution in [0.4, 0.5) is 0 Å². The maximum Gasteiger partial charge on any atom is 0.340 e. The molecule has 1 aliphatic heterocycles. The number of carbonyl (C=O) groups is 1. The van der Waals surface area contributed by atoms with Crippen molar-refractivity contribution in [1.82, 2.24) is 4.90 Å². The van der Waals surface area contributed by atoms with Gasteiger partial charge in [-0.2, -0.15) is 0 Å². The van der Waals surface area contributed by atoms with Crippen LogP contribution in [0.1, 0.15) is 43.0 Å². The molecule has 2 heterocycles. The number of hydrogen-bond acceptors (Lipinski definition) is 6. The van der Waals surface area contributed by atoms with Crippen LogP contribution >= 0.6 is 0 Å². The molecule has 0 fully saturated rings. The number of rotatable bonds is 2. The molecule has 0 spiro atoms. The summed E-state index contributed by atoms with van der Waals surface area (Å²) in [7, 11) is 1.30. The van der Waals surface area contributed by atoms with Gasteiger partial charge < -0.3 is 13.9 Å². The molecule has 0 bridgehead atoms. The fraction of sp³-hybridized carbons (Fsp3) is 0.500. The van der Waals surface area contributed by atoms with Crippen LogP contribution in [0, 0.1) is 13.8 Å². The van der Waals surface area contributed by atoms with Gasteiger partial charge in [0.25, 0.3) is 0 Å². The van der Waals surface area contributed by atoms with Crippen molar-refractivity contribution in [3.63, 3.8) is 0 Å². The molecule has 0 radical (unpaired) electrons. The molecule has 1 aromatic carbocycles. The fourth-order valence-electron chi connectivity index (χ4n) is 3.30. The van der Waals surface area contributed by atoms with Crippen LogP contribution in [0.3, 0.4) is 0 Å². The van der Waals surface area contributed by atoms with E-state index in [0.29, 0.717) is 17.9 Å². The number of fused-ring (bicyclic) bond motifs is 2. The van der Waals surface area contributed by atoms with E-state index in [4.69, 9.17) is 13.9 Å². The number of ether oxygens (including phenoxy) is 2. The molecular weight excluding hydrogens is 334 g/mol. The first-order chi connectivity index (χ1) is 12.1. The van der Waals surface area contributed by atoms with Crippen LogP contribution < -0.4 is 10.4 Å². The first-order valence-electron chi connectivity index (χ1n) is 8.67. The first kappa shape index (κ1) is 18.5. The van der Waals surface area contributed by atoms with Crippen molar-refractivity contribution in [2.45, 2.75) is 53.1 Å². The average Bonchev–Trinajstić information content (AvgIpc) is 2.58. The molecule has 6 nitrogen and oxygen atoms in total. The number of esters is 1. The molecule has 0 N–H and O–H groups in total. The van der Waals surface area contributed by atoms with Gasteiger partial charge in [0.05, 0.1) is 19.1 Å². The van der Waals surface area contributed by atoms with E-state index in [9.17, 15) is 9.59 Å². The maximum absolute atomic E-state index is 12.4. The molecule has 0 saturated heterocycles. The summed E-state index contributed by atoms with van der Waals surface area (Å²) < 4.78 is 16.2. The first-order valence-corrected chi connectivity index (χ1v) is 8.67. The SMILES string of the molecule is COC(=O)Cc1c(C)c2cc3c(c(C)c2oc1=O)OCN(C(C)(C)C)C3. The van der Waals surface area contributed by atoms with E-state index in [-0.39, 0.29) is 12.0 Å². The average molecular weight is 359 g/mol. The molecule has 26 heavy (non-hydrogen) atoms. The summed E-state index contributed by atoms with van der Waals surface area (Å²) in [6.45, 7) is 11.4. The normalized spacial score (nSPS) is 14.8. The highest BCUT2D eigenvalue weighted by Crippen LogP contribution is 2.37. The Bertz CT molecular complexity index is 936. The van der Waals surface area contributed by atoms with Crippen molar-refractivity contribution in [3.05, 3.63) is 38.7 Å². The smallest absolute Gasteiger partial charge is 0.340 e. The molecule has 6 heteroatoms. The van der Waals surface area contributed by atoms with Gasteiger partial charge in [-0.15, -0.1) is 0 Å². The van der Waals surface area contributed by atoms with E-state index in [1.807, 2.05) is 19.9 Å². The van der Waals surface area contributed by atoms with E-state index in [2.05, 4.69) is 25.7 Å². The molecule has 1 aliphatic rings. The molecule has 0 atom stereocenters. The van der Waals surface area contributed by atoms with Gasteiger partial charge in [-0.25, -0.2) is 4.79 Å². The summed E-state index contributed by atoms with van der Waals surface area (Å²) in [6, 6.07) is 2.01. The Morgan fingerprint density at radius 3 is 2.58 bits per heavy atom. The molecule has 0 aliphatic carbocycles. The molecule has 140 valence electrons. The Morgan fingerprint density at radius 2 is 1.96 bits per heavy atom. The van der Waals surface area contributed by atoms with Crippen LogP contribution in [0.5, 0.6) is 5.75 Å². The molecule has 0 amide bonds. The van der Waals surface area contributed by atoms with E-state index in [1.54, 1.807) is 0 Å². The molecule has 3 rings (SSSR count). The third kappa shape index (κ3) is 3.09. The minimum absolute atomic E-state index is 0.0190. The summed E-state index contributed by atoms with van der Waals surface area (Å²) in [4.78, 5) is 26.3. The number of nitrogens with zero attached hydrogens (tertiary/aromatic N) is 1. The van der Waals surface area contributed by atoms with Crippen molar-refractivity contribution in [2.75, 3.05) is 13.8 Å². The predicted molar refractivity (Wildman–Crippen MR) is 98.5 cm³/mol. The van der Waals surface area contributed by atoms with Gasteiger partial charge in [0, 0.05) is 28.6 Å². The summed E-state index contributed by atoms with van der Waals surface area (Å²) in [5.41, 5.74) is 2.95. The van der Waals surface area contributed by atoms with Crippen LogP contribution in [-0.4, -0.2) is 30.2 Å². The van der Waals surface area contributed by atoms with Crippen molar-refractivity contribution < 1.29 is 18.7 Å². The molecular formula is C20H25NO5. The van der Waals surface area contributed by atoms with E-state index in [0.717, 1.165) is 34.4 Å². The summed E-state index contributed by atoms with van der Waals surface area (Å²) in [5, 5.41) is 0.833. The lowest BCUT2D eigenvalue weighted by Crippen LogP contribution is -2.45. The minimum Gasteiger partial charge on any atom is -0.477 e. The van der Waals surface area contributed by atoms with E-state index < -0.39 is 11.6 Å². The third-order valence-electron chi connectivity index (χ3n) is 5.06. The third-order valence-corrected chi connectivity index (χ3v) is 5.06. The lowest BCUT2D eigenvalue weighted by molar-refractivity contribution is -0.139. The van der Waals surface area contributed by atoms with Gasteiger partial charge in [0.2, 0.25) is 0 Å². The van der Waals surface area contributed by atoms with Gasteiger partial charge in [-0.1, -0.05) is 0 Å². The Morgan fingerprint density at radius 1 is 1.27 bits per heavy atom. The molecule has 0 unspecified atom stereocenters. The fourth-order valence-corrected chi connectivity index (χ4v) is 3.30. The molecule has 0 saturated carbocycles. The number of methoxy groups -OCH3 is 1. The van der Waals surface area contributed by atoms with Crippen molar-refractivity contribution in [1.29, 1.82) is 0 Å². The second kappa shape index (κ2) is 6.43. The lowest BCUT2D eigenvalue weighted by atomic mass is 9.96. The highest BCUT2D eigenvalue weighted by atomic mass is 16.5. The number of aryl methyl sites for hydroxylation is 2. The van der Waals surface area contributed by atoms with Crippen molar-refractivity contribution in [3.8, 4) is 5.75 Å². The highest BCUT2D eigenvalue weighted by molar-refractivity contribution is 5.88. The number of hydrogen-bond donors (Lipinski definition) is 0. The standard InChI is InChI=1S/C20H25NO5/c1-11-14-7-13-9-21(20(3,4)5)10-25-17(13)12(2)18(14)26-19(23)15(11)8-16(22)24-6/h7H,8-10H2,1-6H3. The number of benzene rings is 1. The zero-order chi connectivity index (χ0) is 19.2. The topological polar surface area (TPSA) is 69.0 Å². The van der Waals surface area contributed by atoms with E-state index in [1.165, 1.54) is 7.11 Å². The Labute approximate surface area is 152 Å². The van der Waals surface area contributed by atoms with Crippen LogP contribution in [-0.2, 0) is 22.5 Å². The minimum atomic E-state index is -0.504. The summed E-state index contributed by atoms with van der Waals surface area (Å²) in [6.07, 6.45) is -0.0959. The highest BCUT2D eigenvalue weighted by Gasteiger charge is 2.29. The molecule has 1 aromatic heterocycles. The second-order valence-corrected chi connectivity index (χ2v) is 7.75. The van der Waals surface area contributed by atoms with Gasteiger partial charge >= 0.3 is 11.6 Å².